The zero-order valence-corrected chi connectivity index (χ0v) is 15.7. The van der Waals surface area contributed by atoms with E-state index in [2.05, 4.69) is 38.2 Å². The van der Waals surface area contributed by atoms with Crippen LogP contribution >= 0.6 is 0 Å². The molecule has 136 valence electrons. The fourth-order valence-corrected chi connectivity index (χ4v) is 3.31. The summed E-state index contributed by atoms with van der Waals surface area (Å²) in [6, 6.07) is 3.42. The van der Waals surface area contributed by atoms with Crippen LogP contribution in [0.2, 0.25) is 0 Å². The lowest BCUT2D eigenvalue weighted by Crippen LogP contribution is -2.25. The molecule has 1 aromatic heterocycles. The van der Waals surface area contributed by atoms with Gasteiger partial charge in [-0.2, -0.15) is 0 Å². The summed E-state index contributed by atoms with van der Waals surface area (Å²) in [5.74, 6) is 0.583. The molecule has 1 heterocycles. The van der Waals surface area contributed by atoms with E-state index in [0.29, 0.717) is 5.76 Å². The van der Waals surface area contributed by atoms with Gasteiger partial charge >= 0.3 is 0 Å². The molecular formula is C21H29NO3. The molecule has 0 unspecified atom stereocenters. The first-order valence-corrected chi connectivity index (χ1v) is 8.89. The van der Waals surface area contributed by atoms with Gasteiger partial charge in [0, 0.05) is 6.54 Å². The third-order valence-corrected chi connectivity index (χ3v) is 4.67. The van der Waals surface area contributed by atoms with E-state index in [1.807, 2.05) is 13.0 Å². The molecule has 2 rings (SSSR count). The topological polar surface area (TPSA) is 62.5 Å². The summed E-state index contributed by atoms with van der Waals surface area (Å²) >= 11 is 0. The Morgan fingerprint density at radius 2 is 2.16 bits per heavy atom. The van der Waals surface area contributed by atoms with E-state index >= 15 is 0 Å². The quantitative estimate of drug-likeness (QED) is 0.748. The molecule has 4 heteroatoms. The van der Waals surface area contributed by atoms with Gasteiger partial charge in [-0.25, -0.2) is 0 Å². The van der Waals surface area contributed by atoms with Gasteiger partial charge in [-0.15, -0.1) is 0 Å². The fraction of sp³-hybridized carbons (Fsp3) is 0.476. The predicted molar refractivity (Wildman–Crippen MR) is 101 cm³/mol. The van der Waals surface area contributed by atoms with E-state index in [1.165, 1.54) is 30.4 Å². The normalized spacial score (nSPS) is 18.0. The molecule has 25 heavy (non-hydrogen) atoms. The smallest absolute Gasteiger partial charge is 0.287 e. The Hall–Kier alpha value is -2.07. The second kappa shape index (κ2) is 8.34. The number of aliphatic hydroxyl groups is 1. The number of nitrogens with one attached hydrogen (secondary N) is 1. The van der Waals surface area contributed by atoms with Gasteiger partial charge in [-0.05, 0) is 67.9 Å². The summed E-state index contributed by atoms with van der Waals surface area (Å²) in [6.45, 7) is 8.99. The molecule has 1 aliphatic carbocycles. The molecule has 2 N–H and O–H groups in total. The van der Waals surface area contributed by atoms with Crippen molar-refractivity contribution in [1.29, 1.82) is 0 Å². The van der Waals surface area contributed by atoms with Crippen molar-refractivity contribution in [2.24, 2.45) is 5.41 Å². The first kappa shape index (κ1) is 19.3. The molecule has 4 nitrogen and oxygen atoms in total. The average Bonchev–Trinajstić information content (AvgIpc) is 3.00. The number of carbonyl (C=O) groups excluding carboxylic acids is 1. The van der Waals surface area contributed by atoms with Crippen molar-refractivity contribution >= 4 is 12.0 Å². The van der Waals surface area contributed by atoms with Crippen LogP contribution in [0, 0.1) is 5.41 Å². The van der Waals surface area contributed by atoms with E-state index in [1.54, 1.807) is 12.1 Å². The highest BCUT2D eigenvalue weighted by molar-refractivity contribution is 5.91. The van der Waals surface area contributed by atoms with Gasteiger partial charge < -0.3 is 14.8 Å². The molecule has 0 aliphatic heterocycles. The first-order chi connectivity index (χ1) is 11.8. The number of carbonyl (C=O) groups is 1. The summed E-state index contributed by atoms with van der Waals surface area (Å²) in [6.07, 6.45) is 9.91. The van der Waals surface area contributed by atoms with E-state index < -0.39 is 0 Å². The SMILES string of the molecule is CC1=C(/C=C/C(C)=C/c2ccc(C(=O)NCCO)o2)C(C)(C)CCC1. The number of aliphatic hydroxyl groups excluding tert-OH is 1. The van der Waals surface area contributed by atoms with Crippen molar-refractivity contribution in [2.75, 3.05) is 13.2 Å². The van der Waals surface area contributed by atoms with Gasteiger partial charge in [-0.3, -0.25) is 4.79 Å². The molecule has 1 aliphatic rings. The minimum absolute atomic E-state index is 0.0886. The molecule has 0 atom stereocenters. The third kappa shape index (κ3) is 5.20. The summed E-state index contributed by atoms with van der Waals surface area (Å²) in [5, 5.41) is 11.3. The van der Waals surface area contributed by atoms with Gasteiger partial charge in [0.1, 0.15) is 5.76 Å². The zero-order valence-electron chi connectivity index (χ0n) is 15.7. The average molecular weight is 343 g/mol. The largest absolute Gasteiger partial charge is 0.452 e. The number of furan rings is 1. The van der Waals surface area contributed by atoms with Gasteiger partial charge in [0.15, 0.2) is 5.76 Å². The summed E-state index contributed by atoms with van der Waals surface area (Å²) < 4.78 is 5.55. The van der Waals surface area contributed by atoms with Crippen LogP contribution in [0.5, 0.6) is 0 Å². The minimum atomic E-state index is -0.313. The maximum atomic E-state index is 11.8. The van der Waals surface area contributed by atoms with Crippen molar-refractivity contribution in [1.82, 2.24) is 5.32 Å². The summed E-state index contributed by atoms with van der Waals surface area (Å²) in [7, 11) is 0. The van der Waals surface area contributed by atoms with Gasteiger partial charge in [0.2, 0.25) is 0 Å². The Labute approximate surface area is 150 Å². The lowest BCUT2D eigenvalue weighted by Gasteiger charge is -2.32. The molecule has 0 spiro atoms. The van der Waals surface area contributed by atoms with E-state index in [4.69, 9.17) is 9.52 Å². The summed E-state index contributed by atoms with van der Waals surface area (Å²) in [5.41, 5.74) is 4.19. The standard InChI is InChI=1S/C21H29NO3/c1-15(7-9-18-16(2)6-5-11-21(18,3)4)14-17-8-10-19(25-17)20(24)22-12-13-23/h7-10,14,23H,5-6,11-13H2,1-4H3,(H,22,24)/b9-7+,15-14+. The lowest BCUT2D eigenvalue weighted by atomic mass is 9.72. The highest BCUT2D eigenvalue weighted by Gasteiger charge is 2.26. The Morgan fingerprint density at radius 3 is 2.84 bits per heavy atom. The first-order valence-electron chi connectivity index (χ1n) is 8.89. The molecule has 0 saturated heterocycles. The highest BCUT2D eigenvalue weighted by Crippen LogP contribution is 2.40. The van der Waals surface area contributed by atoms with Crippen LogP contribution in [0.15, 0.2) is 45.4 Å². The minimum Gasteiger partial charge on any atom is -0.452 e. The molecule has 0 radical (unpaired) electrons. The second-order valence-corrected chi connectivity index (χ2v) is 7.33. The van der Waals surface area contributed by atoms with Crippen LogP contribution in [0.4, 0.5) is 0 Å². The Balaban J connectivity index is 2.09. The molecule has 1 aromatic rings. The highest BCUT2D eigenvalue weighted by atomic mass is 16.3. The number of allylic oxidation sites excluding steroid dienone is 5. The number of hydrogen-bond acceptors (Lipinski definition) is 3. The molecule has 0 bridgehead atoms. The lowest BCUT2D eigenvalue weighted by molar-refractivity contribution is 0.0916. The summed E-state index contributed by atoms with van der Waals surface area (Å²) in [4.78, 5) is 11.8. The second-order valence-electron chi connectivity index (χ2n) is 7.33. The van der Waals surface area contributed by atoms with Crippen LogP contribution in [0.1, 0.15) is 63.3 Å². The Morgan fingerprint density at radius 1 is 1.40 bits per heavy atom. The third-order valence-electron chi connectivity index (χ3n) is 4.67. The van der Waals surface area contributed by atoms with Crippen molar-refractivity contribution < 1.29 is 14.3 Å². The zero-order chi connectivity index (χ0) is 18.4. The van der Waals surface area contributed by atoms with Crippen molar-refractivity contribution in [3.05, 3.63) is 52.5 Å². The van der Waals surface area contributed by atoms with Crippen LogP contribution in [-0.2, 0) is 0 Å². The van der Waals surface area contributed by atoms with E-state index in [0.717, 1.165) is 5.57 Å². The Kier molecular flexibility index (Phi) is 6.43. The van der Waals surface area contributed by atoms with Crippen molar-refractivity contribution in [2.45, 2.75) is 47.0 Å². The fourth-order valence-electron chi connectivity index (χ4n) is 3.31. The Bertz CT molecular complexity index is 704. The molecule has 0 saturated carbocycles. The molecule has 0 fully saturated rings. The van der Waals surface area contributed by atoms with Gasteiger partial charge in [-0.1, -0.05) is 31.6 Å². The number of rotatable bonds is 6. The van der Waals surface area contributed by atoms with E-state index in [-0.39, 0.29) is 30.2 Å². The van der Waals surface area contributed by atoms with Crippen LogP contribution < -0.4 is 5.32 Å². The molecule has 1 amide bonds. The van der Waals surface area contributed by atoms with E-state index in [9.17, 15) is 4.79 Å². The predicted octanol–water partition coefficient (Wildman–Crippen LogP) is 4.49. The maximum absolute atomic E-state index is 11.8. The number of hydrogen-bond donors (Lipinski definition) is 2. The monoisotopic (exact) mass is 343 g/mol. The van der Waals surface area contributed by atoms with Gasteiger partial charge in [0.25, 0.3) is 5.91 Å². The molecular weight excluding hydrogens is 314 g/mol. The van der Waals surface area contributed by atoms with Crippen LogP contribution in [0.25, 0.3) is 6.08 Å². The number of amides is 1. The van der Waals surface area contributed by atoms with Crippen LogP contribution in [0.3, 0.4) is 0 Å². The van der Waals surface area contributed by atoms with Crippen molar-refractivity contribution in [3.8, 4) is 0 Å². The maximum Gasteiger partial charge on any atom is 0.287 e. The van der Waals surface area contributed by atoms with Crippen LogP contribution in [-0.4, -0.2) is 24.2 Å². The van der Waals surface area contributed by atoms with Gasteiger partial charge in [0.05, 0.1) is 6.61 Å². The van der Waals surface area contributed by atoms with Crippen molar-refractivity contribution in [3.63, 3.8) is 0 Å². The molecule has 0 aromatic carbocycles.